The standard InChI is InChI=1S/C23H21N5/c1-15(16-3-5-18-10-24-11-21(18)7-16)27-23-9-20-8-17(4-6-19(20)12-26-23)22-13-25-14-28(22)2/h3-9,12-14,24H,1,10-11H2,2H3,(H,26,27). The van der Waals surface area contributed by atoms with Crippen LogP contribution in [0.3, 0.4) is 0 Å². The fourth-order valence-electron chi connectivity index (χ4n) is 3.71. The Morgan fingerprint density at radius 1 is 1.04 bits per heavy atom. The molecule has 2 aromatic carbocycles. The molecule has 138 valence electrons. The van der Waals surface area contributed by atoms with Crippen molar-refractivity contribution in [3.05, 3.63) is 84.5 Å². The Balaban J connectivity index is 1.44. The number of aromatic nitrogens is 3. The zero-order valence-corrected chi connectivity index (χ0v) is 15.7. The van der Waals surface area contributed by atoms with E-state index in [4.69, 9.17) is 0 Å². The van der Waals surface area contributed by atoms with Gasteiger partial charge in [0, 0.05) is 43.0 Å². The first kappa shape index (κ1) is 16.7. The quantitative estimate of drug-likeness (QED) is 0.564. The van der Waals surface area contributed by atoms with Crippen LogP contribution in [0, 0.1) is 0 Å². The highest BCUT2D eigenvalue weighted by atomic mass is 15.0. The summed E-state index contributed by atoms with van der Waals surface area (Å²) in [6.07, 6.45) is 5.59. The van der Waals surface area contributed by atoms with Gasteiger partial charge in [-0.15, -0.1) is 0 Å². The summed E-state index contributed by atoms with van der Waals surface area (Å²) in [5.74, 6) is 0.790. The van der Waals surface area contributed by atoms with Crippen molar-refractivity contribution in [2.45, 2.75) is 13.1 Å². The van der Waals surface area contributed by atoms with Crippen LogP contribution in [0.15, 0.2) is 67.8 Å². The molecule has 2 N–H and O–H groups in total. The van der Waals surface area contributed by atoms with E-state index in [-0.39, 0.29) is 0 Å². The Hall–Kier alpha value is -3.44. The zero-order chi connectivity index (χ0) is 19.1. The fourth-order valence-corrected chi connectivity index (χ4v) is 3.71. The molecular formula is C23H21N5. The zero-order valence-electron chi connectivity index (χ0n) is 15.7. The second-order valence-corrected chi connectivity index (χ2v) is 7.21. The number of anilines is 1. The largest absolute Gasteiger partial charge is 0.340 e. The van der Waals surface area contributed by atoms with Crippen molar-refractivity contribution in [3.63, 3.8) is 0 Å². The van der Waals surface area contributed by atoms with E-state index >= 15 is 0 Å². The van der Waals surface area contributed by atoms with Crippen molar-refractivity contribution in [2.24, 2.45) is 7.05 Å². The minimum absolute atomic E-state index is 0.790. The predicted octanol–water partition coefficient (Wildman–Crippen LogP) is 4.32. The van der Waals surface area contributed by atoms with Gasteiger partial charge in [-0.3, -0.25) is 0 Å². The summed E-state index contributed by atoms with van der Waals surface area (Å²) in [5, 5.41) is 8.97. The normalized spacial score (nSPS) is 12.9. The van der Waals surface area contributed by atoms with E-state index in [9.17, 15) is 0 Å². The number of rotatable bonds is 4. The number of hydrogen-bond acceptors (Lipinski definition) is 4. The molecule has 4 aromatic rings. The average Bonchev–Trinajstić information content (AvgIpc) is 3.35. The molecular weight excluding hydrogens is 346 g/mol. The summed E-state index contributed by atoms with van der Waals surface area (Å²) in [6, 6.07) is 14.9. The third-order valence-electron chi connectivity index (χ3n) is 5.30. The lowest BCUT2D eigenvalue weighted by Gasteiger charge is -2.12. The molecule has 0 spiro atoms. The molecule has 0 saturated carbocycles. The molecule has 0 fully saturated rings. The molecule has 0 saturated heterocycles. The summed E-state index contributed by atoms with van der Waals surface area (Å²) in [4.78, 5) is 8.77. The van der Waals surface area contributed by atoms with Crippen LogP contribution in [-0.4, -0.2) is 14.5 Å². The molecule has 0 bridgehead atoms. The lowest BCUT2D eigenvalue weighted by atomic mass is 10.0. The monoisotopic (exact) mass is 367 g/mol. The fraction of sp³-hybridized carbons (Fsp3) is 0.130. The first-order chi connectivity index (χ1) is 13.7. The van der Waals surface area contributed by atoms with Crippen LogP contribution in [0.1, 0.15) is 16.7 Å². The number of imidazole rings is 1. The summed E-state index contributed by atoms with van der Waals surface area (Å²) in [5.41, 5.74) is 6.87. The van der Waals surface area contributed by atoms with Gasteiger partial charge in [-0.05, 0) is 40.3 Å². The van der Waals surface area contributed by atoms with Gasteiger partial charge >= 0.3 is 0 Å². The third kappa shape index (κ3) is 2.96. The van der Waals surface area contributed by atoms with Crippen LogP contribution in [0.4, 0.5) is 5.82 Å². The number of aryl methyl sites for hydroxylation is 1. The second-order valence-electron chi connectivity index (χ2n) is 7.21. The smallest absolute Gasteiger partial charge is 0.130 e. The Bertz CT molecular complexity index is 1200. The Kier molecular flexibility index (Phi) is 3.95. The average molecular weight is 367 g/mol. The lowest BCUT2D eigenvalue weighted by molar-refractivity contribution is 0.765. The number of hydrogen-bond donors (Lipinski definition) is 2. The van der Waals surface area contributed by atoms with Gasteiger partial charge in [0.2, 0.25) is 0 Å². The highest BCUT2D eigenvalue weighted by Gasteiger charge is 2.12. The van der Waals surface area contributed by atoms with Crippen molar-refractivity contribution >= 4 is 22.3 Å². The molecule has 0 atom stereocenters. The molecule has 0 unspecified atom stereocenters. The van der Waals surface area contributed by atoms with Crippen LogP contribution >= 0.6 is 0 Å². The molecule has 5 rings (SSSR count). The molecule has 1 aliphatic heterocycles. The van der Waals surface area contributed by atoms with Gasteiger partial charge in [0.1, 0.15) is 5.82 Å². The molecule has 0 amide bonds. The Labute approximate surface area is 163 Å². The maximum atomic E-state index is 4.55. The number of nitrogens with zero attached hydrogens (tertiary/aromatic N) is 3. The summed E-state index contributed by atoms with van der Waals surface area (Å²) >= 11 is 0. The van der Waals surface area contributed by atoms with E-state index in [1.165, 1.54) is 11.1 Å². The maximum absolute atomic E-state index is 4.55. The van der Waals surface area contributed by atoms with E-state index in [0.29, 0.717) is 0 Å². The summed E-state index contributed by atoms with van der Waals surface area (Å²) in [7, 11) is 2.00. The van der Waals surface area contributed by atoms with Gasteiger partial charge < -0.3 is 15.2 Å². The van der Waals surface area contributed by atoms with Crippen molar-refractivity contribution < 1.29 is 0 Å². The lowest BCUT2D eigenvalue weighted by Crippen LogP contribution is -2.01. The van der Waals surface area contributed by atoms with Gasteiger partial charge in [-0.2, -0.15) is 0 Å². The molecule has 5 heteroatoms. The van der Waals surface area contributed by atoms with Crippen LogP contribution in [-0.2, 0) is 20.1 Å². The molecule has 2 aromatic heterocycles. The molecule has 0 radical (unpaired) electrons. The summed E-state index contributed by atoms with van der Waals surface area (Å²) in [6.45, 7) is 6.08. The van der Waals surface area contributed by atoms with Crippen molar-refractivity contribution in [3.8, 4) is 11.3 Å². The van der Waals surface area contributed by atoms with Gasteiger partial charge in [0.15, 0.2) is 0 Å². The minimum Gasteiger partial charge on any atom is -0.340 e. The van der Waals surface area contributed by atoms with E-state index in [0.717, 1.165) is 52.2 Å². The summed E-state index contributed by atoms with van der Waals surface area (Å²) < 4.78 is 2.02. The van der Waals surface area contributed by atoms with Gasteiger partial charge in [0.05, 0.1) is 18.2 Å². The number of nitrogens with one attached hydrogen (secondary N) is 2. The van der Waals surface area contributed by atoms with Crippen LogP contribution < -0.4 is 10.6 Å². The SMILES string of the molecule is C=C(Nc1cc2cc(-c3cncn3C)ccc2cn1)c1ccc2c(c1)CNC2. The van der Waals surface area contributed by atoms with Crippen molar-refractivity contribution in [2.75, 3.05) is 5.32 Å². The van der Waals surface area contributed by atoms with Crippen molar-refractivity contribution in [1.82, 2.24) is 19.9 Å². The first-order valence-corrected chi connectivity index (χ1v) is 9.33. The van der Waals surface area contributed by atoms with Crippen LogP contribution in [0.5, 0.6) is 0 Å². The predicted molar refractivity (Wildman–Crippen MR) is 114 cm³/mol. The topological polar surface area (TPSA) is 54.8 Å². The molecule has 0 aliphatic carbocycles. The minimum atomic E-state index is 0.790. The number of benzene rings is 2. The van der Waals surface area contributed by atoms with E-state index in [1.54, 1.807) is 0 Å². The maximum Gasteiger partial charge on any atom is 0.130 e. The van der Waals surface area contributed by atoms with Gasteiger partial charge in [-0.1, -0.05) is 30.8 Å². The number of pyridine rings is 1. The van der Waals surface area contributed by atoms with Gasteiger partial charge in [-0.25, -0.2) is 9.97 Å². The molecule has 3 heterocycles. The van der Waals surface area contributed by atoms with Crippen LogP contribution in [0.25, 0.3) is 27.7 Å². The molecule has 28 heavy (non-hydrogen) atoms. The van der Waals surface area contributed by atoms with Crippen LogP contribution in [0.2, 0.25) is 0 Å². The highest BCUT2D eigenvalue weighted by molar-refractivity contribution is 5.89. The third-order valence-corrected chi connectivity index (χ3v) is 5.30. The van der Waals surface area contributed by atoms with Gasteiger partial charge in [0.25, 0.3) is 0 Å². The van der Waals surface area contributed by atoms with E-state index in [1.807, 2.05) is 30.3 Å². The Morgan fingerprint density at radius 2 is 1.93 bits per heavy atom. The number of fused-ring (bicyclic) bond motifs is 2. The van der Waals surface area contributed by atoms with E-state index in [2.05, 4.69) is 69.6 Å². The highest BCUT2D eigenvalue weighted by Crippen LogP contribution is 2.27. The molecule has 1 aliphatic rings. The van der Waals surface area contributed by atoms with E-state index < -0.39 is 0 Å². The second kappa shape index (κ2) is 6.62. The van der Waals surface area contributed by atoms with Crippen molar-refractivity contribution in [1.29, 1.82) is 0 Å². The Morgan fingerprint density at radius 3 is 2.79 bits per heavy atom. The molecule has 5 nitrogen and oxygen atoms in total. The first-order valence-electron chi connectivity index (χ1n) is 9.33.